The van der Waals surface area contributed by atoms with Crippen LogP contribution in [-0.4, -0.2) is 57.7 Å². The fourth-order valence-electron chi connectivity index (χ4n) is 7.27. The molecule has 8 rings (SSSR count). The first-order valence-electron chi connectivity index (χ1n) is 25.4. The number of hydrogen-bond acceptors (Lipinski definition) is 13. The summed E-state index contributed by atoms with van der Waals surface area (Å²) in [6, 6.07) is 26.6. The maximum atomic E-state index is 14.1. The van der Waals surface area contributed by atoms with E-state index in [9.17, 15) is 66.0 Å². The molecule has 88 heavy (non-hydrogen) atoms. The molecule has 0 fully saturated rings. The quantitative estimate of drug-likeness (QED) is 0.0272. The highest BCUT2D eigenvalue weighted by molar-refractivity contribution is 14.1. The van der Waals surface area contributed by atoms with Gasteiger partial charge in [-0.1, -0.05) is 76.1 Å². The lowest BCUT2D eigenvalue weighted by molar-refractivity contribution is 0.107. The Morgan fingerprint density at radius 1 is 0.591 bits per heavy atom. The van der Waals surface area contributed by atoms with Crippen LogP contribution in [-0.2, 0) is 60.2 Å². The smallest absolute Gasteiger partial charge is 0.409 e. The molecule has 0 aliphatic carbocycles. The van der Waals surface area contributed by atoms with E-state index in [0.717, 1.165) is 30.0 Å². The minimum absolute atomic E-state index is 0.0738. The molecule has 4 aromatic heterocycles. The third-order valence-corrected chi connectivity index (χ3v) is 14.9. The fraction of sp³-hybridized carbons (Fsp3) is 0.250. The lowest BCUT2D eigenvalue weighted by Crippen LogP contribution is -2.43. The Hall–Kier alpha value is -5.49. The molecule has 1 atom stereocenters. The fourth-order valence-corrected chi connectivity index (χ4v) is 9.42. The van der Waals surface area contributed by atoms with Crippen LogP contribution in [0.15, 0.2) is 141 Å². The molecule has 4 heterocycles. The number of halogens is 10. The molecule has 0 amide bonds. The number of anilines is 1. The van der Waals surface area contributed by atoms with Crippen molar-refractivity contribution < 1.29 is 32.4 Å². The number of carbonyl (C=O) groups is 2. The molecule has 0 spiro atoms. The molecule has 32 heteroatoms. The van der Waals surface area contributed by atoms with Crippen molar-refractivity contribution in [3.8, 4) is 5.75 Å². The van der Waals surface area contributed by atoms with E-state index in [1.165, 1.54) is 59.6 Å². The molecule has 0 aliphatic rings. The average molecular weight is 1750 g/mol. The van der Waals surface area contributed by atoms with Gasteiger partial charge in [-0.15, -0.1) is 0 Å². The summed E-state index contributed by atoms with van der Waals surface area (Å²) in [5.74, 6) is -0.702. The highest BCUT2D eigenvalue weighted by atomic mass is 127. The van der Waals surface area contributed by atoms with Crippen molar-refractivity contribution in [2.45, 2.75) is 66.7 Å². The molecule has 4 aromatic carbocycles. The van der Waals surface area contributed by atoms with Gasteiger partial charge < -0.3 is 19.9 Å². The van der Waals surface area contributed by atoms with E-state index in [4.69, 9.17) is 40.5 Å². The number of nitrogens with one attached hydrogen (secondary N) is 1. The maximum absolute atomic E-state index is 14.1. The van der Waals surface area contributed by atoms with Crippen LogP contribution < -0.4 is 55.5 Å². The molecular formula is C56H58Cl3F3I4N9O12P. The summed E-state index contributed by atoms with van der Waals surface area (Å²) >= 11 is 24.1. The average Bonchev–Trinajstić information content (AvgIpc) is 1.97. The Kier molecular flexibility index (Phi) is 34.8. The van der Waals surface area contributed by atoms with Gasteiger partial charge in [0.25, 0.3) is 22.2 Å². The normalized spacial score (nSPS) is 10.3. The van der Waals surface area contributed by atoms with Gasteiger partial charge in [-0.05, 0) is 166 Å². The molecule has 1 unspecified atom stereocenters. The number of H-pyrrole nitrogens is 1. The van der Waals surface area contributed by atoms with Crippen molar-refractivity contribution in [3.05, 3.63) is 253 Å². The SMILES string of the molecule is CCn1c(=O)c(C(=O)PO)c(Cc2ccc(I)cc2F)n(C)c1=O.CCn1c(=O)cc(Cc2ccc(I)cc2F)n(C)c1=O.CCn1c(=O)cc(Cl)[nH]c1=O.CCn1c(=O)cc(Cl)n(C)c1=O.CI.Nc1ccc(I)cc1F.O=C(Cl)Oc1ccccc1. The van der Waals surface area contributed by atoms with Crippen LogP contribution in [0.4, 0.5) is 23.7 Å². The van der Waals surface area contributed by atoms with Crippen LogP contribution in [0.1, 0.15) is 60.6 Å². The Bertz CT molecular complexity index is 4210. The van der Waals surface area contributed by atoms with E-state index in [2.05, 4.69) is 32.3 Å². The number of ether oxygens (including phenoxy) is 1. The topological polar surface area (TPSA) is 276 Å². The van der Waals surface area contributed by atoms with Crippen LogP contribution in [0.3, 0.4) is 0 Å². The van der Waals surface area contributed by atoms with Gasteiger partial charge in [0.05, 0.1) is 14.5 Å². The van der Waals surface area contributed by atoms with Crippen molar-refractivity contribution >= 4 is 151 Å². The second kappa shape index (κ2) is 38.9. The Labute approximate surface area is 571 Å². The zero-order chi connectivity index (χ0) is 66.9. The maximum Gasteiger partial charge on any atom is 0.409 e. The van der Waals surface area contributed by atoms with Gasteiger partial charge >= 0.3 is 28.2 Å². The van der Waals surface area contributed by atoms with Crippen LogP contribution in [0, 0.1) is 28.2 Å². The summed E-state index contributed by atoms with van der Waals surface area (Å²) < 4.78 is 55.3. The standard InChI is InChI=1S/C15H15FIN2O4P.C14H14FIN2O2.C7H9ClN2O2.C7H5ClO2.C6H7ClN2O2.C6H5FIN.CH3I/c1-3-19-13(20)12(14(21)24-23)11(18(2)15(19)22)6-8-4-5-9(17)7-10(8)16;1-3-18-13(19)8-11(17(2)14(18)20)6-9-4-5-10(16)7-12(9)15;1-3-10-6(11)4-5(8)9(2)7(10)12;8-7(9)10-6-4-2-1-3-5-6;1-2-9-5(10)3-4(7)8-6(9)11;7-5-3-4(8)1-2-6(5)9;1-2/h4-5,7,23-24H,3,6H2,1-2H3;4-5,7-8H,3,6H2,1-2H3;4H,3H2,1-2H3;1-5H;3H,2H2,1H3,(H,8,11);1-3H,9H2;1H3. The van der Waals surface area contributed by atoms with Gasteiger partial charge in [0.15, 0.2) is 0 Å². The summed E-state index contributed by atoms with van der Waals surface area (Å²) in [5.41, 5.74) is 1.26. The minimum Gasteiger partial charge on any atom is -0.415 e. The third kappa shape index (κ3) is 23.4. The number of benzene rings is 4. The van der Waals surface area contributed by atoms with E-state index >= 15 is 0 Å². The minimum atomic E-state index is -1.11. The van der Waals surface area contributed by atoms with Crippen LogP contribution in [0.5, 0.6) is 5.75 Å². The molecule has 21 nitrogen and oxygen atoms in total. The summed E-state index contributed by atoms with van der Waals surface area (Å²) in [5, 5.41) is 0.236. The van der Waals surface area contributed by atoms with Crippen molar-refractivity contribution in [1.29, 1.82) is 0 Å². The van der Waals surface area contributed by atoms with Crippen molar-refractivity contribution in [1.82, 2.24) is 37.0 Å². The first kappa shape index (κ1) is 78.6. The first-order chi connectivity index (χ1) is 41.5. The van der Waals surface area contributed by atoms with Gasteiger partial charge in [0.2, 0.25) is 5.52 Å². The van der Waals surface area contributed by atoms with Gasteiger partial charge in [0, 0.05) is 112 Å². The number of nitrogens with zero attached hydrogens (tertiary/aromatic N) is 7. The predicted octanol–water partition coefficient (Wildman–Crippen LogP) is 9.45. The monoisotopic (exact) mass is 1750 g/mol. The Morgan fingerprint density at radius 3 is 1.48 bits per heavy atom. The molecule has 0 saturated heterocycles. The number of aromatic nitrogens is 8. The van der Waals surface area contributed by atoms with Crippen LogP contribution in [0.25, 0.3) is 0 Å². The van der Waals surface area contributed by atoms with Crippen molar-refractivity contribution in [2.24, 2.45) is 21.1 Å². The number of rotatable bonds is 11. The zero-order valence-corrected chi connectivity index (χ0v) is 59.9. The number of nitrogen functional groups attached to an aromatic ring is 1. The van der Waals surface area contributed by atoms with Gasteiger partial charge in [-0.25, -0.2) is 37.1 Å². The molecule has 0 saturated carbocycles. The van der Waals surface area contributed by atoms with Crippen molar-refractivity contribution in [2.75, 3.05) is 10.7 Å². The zero-order valence-electron chi connectivity index (χ0n) is 48.0. The molecular weight excluding hydrogens is 1690 g/mol. The number of para-hydroxylation sites is 1. The van der Waals surface area contributed by atoms with E-state index in [0.29, 0.717) is 40.2 Å². The highest BCUT2D eigenvalue weighted by Gasteiger charge is 2.23. The molecule has 0 bridgehead atoms. The van der Waals surface area contributed by atoms with E-state index < -0.39 is 42.5 Å². The Morgan fingerprint density at radius 2 is 1.03 bits per heavy atom. The summed E-state index contributed by atoms with van der Waals surface area (Å²) in [6.45, 7) is 7.93. The van der Waals surface area contributed by atoms with E-state index in [1.807, 2.05) is 78.8 Å². The summed E-state index contributed by atoms with van der Waals surface area (Å²) in [4.78, 5) is 129. The largest absolute Gasteiger partial charge is 0.415 e. The number of nitrogens with two attached hydrogens (primary N) is 1. The van der Waals surface area contributed by atoms with Gasteiger partial charge in [-0.2, -0.15) is 0 Å². The molecule has 8 aromatic rings. The third-order valence-electron chi connectivity index (χ3n) is 11.8. The Balaban J connectivity index is 0.000000372. The van der Waals surface area contributed by atoms with Crippen LogP contribution in [0.2, 0.25) is 10.3 Å². The van der Waals surface area contributed by atoms with Gasteiger partial charge in [-0.3, -0.25) is 56.4 Å². The summed E-state index contributed by atoms with van der Waals surface area (Å²) in [6.07, 6.45) is 0.119. The molecule has 4 N–H and O–H groups in total. The second-order valence-electron chi connectivity index (χ2n) is 17.3. The highest BCUT2D eigenvalue weighted by Crippen LogP contribution is 2.21. The first-order valence-corrected chi connectivity index (χ1v) is 32.9. The number of hydrogen-bond donors (Lipinski definition) is 3. The van der Waals surface area contributed by atoms with E-state index in [-0.39, 0.29) is 91.9 Å². The van der Waals surface area contributed by atoms with E-state index in [1.54, 1.807) is 95.4 Å². The van der Waals surface area contributed by atoms with Gasteiger partial charge in [0.1, 0.15) is 39.1 Å². The molecule has 474 valence electrons. The molecule has 0 radical (unpaired) electrons. The molecule has 0 aliphatic heterocycles. The van der Waals surface area contributed by atoms with Crippen molar-refractivity contribution in [3.63, 3.8) is 0 Å². The van der Waals surface area contributed by atoms with Crippen LogP contribution >= 0.6 is 134 Å². The predicted molar refractivity (Wildman–Crippen MR) is 372 cm³/mol. The second-order valence-corrected chi connectivity index (χ2v) is 22.8. The number of carbonyl (C=O) groups excluding carboxylic acids is 2. The lowest BCUT2D eigenvalue weighted by Gasteiger charge is -2.15. The lowest BCUT2D eigenvalue weighted by atomic mass is 10.1. The number of aromatic amines is 1. The number of alkyl halides is 1. The summed E-state index contributed by atoms with van der Waals surface area (Å²) in [7, 11) is 3.42.